The molecule has 1 saturated heterocycles. The van der Waals surface area contributed by atoms with Crippen LogP contribution in [0.15, 0.2) is 42.5 Å². The molecule has 0 bridgehead atoms. The lowest BCUT2D eigenvalue weighted by Crippen LogP contribution is -2.41. The lowest BCUT2D eigenvalue weighted by Gasteiger charge is -2.31. The third kappa shape index (κ3) is 4.01. The topological polar surface area (TPSA) is 51.7 Å². The monoisotopic (exact) mass is 402 g/mol. The minimum Gasteiger partial charge on any atom is -0.497 e. The van der Waals surface area contributed by atoms with Crippen LogP contribution >= 0.6 is 22.9 Å². The summed E-state index contributed by atoms with van der Waals surface area (Å²) in [6, 6.07) is 12.9. The van der Waals surface area contributed by atoms with Crippen molar-refractivity contribution in [3.63, 3.8) is 0 Å². The number of fused-ring (bicyclic) bond motifs is 1. The number of nitrogens with zero attached hydrogens (tertiary/aromatic N) is 2. The zero-order chi connectivity index (χ0) is 18.8. The SMILES string of the molecule is COc1ccc2sc(OC3CCN(C(=O)c4cccc(Cl)c4)CC3)nc2c1. The highest BCUT2D eigenvalue weighted by atomic mass is 35.5. The maximum absolute atomic E-state index is 12.6. The number of hydrogen-bond donors (Lipinski definition) is 0. The van der Waals surface area contributed by atoms with Crippen molar-refractivity contribution in [3.8, 4) is 10.9 Å². The summed E-state index contributed by atoms with van der Waals surface area (Å²) in [5.74, 6) is 0.801. The van der Waals surface area contributed by atoms with Crippen molar-refractivity contribution >= 4 is 39.1 Å². The average molecular weight is 403 g/mol. The van der Waals surface area contributed by atoms with Crippen LogP contribution < -0.4 is 9.47 Å². The number of methoxy groups -OCH3 is 1. The normalized spacial score (nSPS) is 15.1. The van der Waals surface area contributed by atoms with Gasteiger partial charge in [0.1, 0.15) is 11.9 Å². The molecule has 1 amide bonds. The molecule has 5 nitrogen and oxygen atoms in total. The summed E-state index contributed by atoms with van der Waals surface area (Å²) in [5.41, 5.74) is 1.50. The van der Waals surface area contributed by atoms with Crippen LogP contribution in [0.2, 0.25) is 5.02 Å². The third-order valence-electron chi connectivity index (χ3n) is 4.64. The molecular weight excluding hydrogens is 384 g/mol. The van der Waals surface area contributed by atoms with Crippen molar-refractivity contribution in [2.24, 2.45) is 0 Å². The predicted molar refractivity (Wildman–Crippen MR) is 107 cm³/mol. The van der Waals surface area contributed by atoms with Gasteiger partial charge in [-0.3, -0.25) is 4.79 Å². The number of rotatable bonds is 4. The Morgan fingerprint density at radius 1 is 1.22 bits per heavy atom. The van der Waals surface area contributed by atoms with Crippen molar-refractivity contribution in [2.75, 3.05) is 20.2 Å². The molecule has 2 aromatic carbocycles. The van der Waals surface area contributed by atoms with E-state index in [4.69, 9.17) is 21.1 Å². The van der Waals surface area contributed by atoms with Crippen molar-refractivity contribution in [1.29, 1.82) is 0 Å². The van der Waals surface area contributed by atoms with E-state index in [-0.39, 0.29) is 12.0 Å². The van der Waals surface area contributed by atoms with Crippen LogP contribution in [0.25, 0.3) is 10.2 Å². The van der Waals surface area contributed by atoms with Crippen LogP contribution in [0.4, 0.5) is 0 Å². The molecule has 140 valence electrons. The van der Waals surface area contributed by atoms with Crippen molar-refractivity contribution in [2.45, 2.75) is 18.9 Å². The molecule has 0 saturated carbocycles. The number of thiazole rings is 1. The van der Waals surface area contributed by atoms with Crippen LogP contribution in [0.3, 0.4) is 0 Å². The maximum atomic E-state index is 12.6. The lowest BCUT2D eigenvalue weighted by molar-refractivity contribution is 0.0595. The highest BCUT2D eigenvalue weighted by molar-refractivity contribution is 7.20. The lowest BCUT2D eigenvalue weighted by atomic mass is 10.1. The van der Waals surface area contributed by atoms with Gasteiger partial charge in [-0.15, -0.1) is 0 Å². The Labute approximate surface area is 166 Å². The summed E-state index contributed by atoms with van der Waals surface area (Å²) in [5, 5.41) is 1.24. The zero-order valence-electron chi connectivity index (χ0n) is 14.9. The number of hydrogen-bond acceptors (Lipinski definition) is 5. The number of halogens is 1. The van der Waals surface area contributed by atoms with Gasteiger partial charge in [-0.05, 0) is 30.3 Å². The molecule has 0 N–H and O–H groups in total. The first kappa shape index (κ1) is 18.1. The molecule has 0 radical (unpaired) electrons. The number of amides is 1. The van der Waals surface area contributed by atoms with E-state index in [1.54, 1.807) is 31.4 Å². The summed E-state index contributed by atoms with van der Waals surface area (Å²) in [7, 11) is 1.64. The first-order chi connectivity index (χ1) is 13.1. The van der Waals surface area contributed by atoms with Crippen molar-refractivity contribution in [1.82, 2.24) is 9.88 Å². The van der Waals surface area contributed by atoms with Gasteiger partial charge in [0.05, 0.1) is 17.3 Å². The smallest absolute Gasteiger partial charge is 0.274 e. The number of likely N-dealkylation sites (tertiary alicyclic amines) is 1. The number of aromatic nitrogens is 1. The number of ether oxygens (including phenoxy) is 2. The Bertz CT molecular complexity index is 967. The number of piperidine rings is 1. The maximum Gasteiger partial charge on any atom is 0.274 e. The van der Waals surface area contributed by atoms with Crippen molar-refractivity contribution < 1.29 is 14.3 Å². The van der Waals surface area contributed by atoms with Gasteiger partial charge in [0.15, 0.2) is 0 Å². The van der Waals surface area contributed by atoms with E-state index >= 15 is 0 Å². The molecule has 0 aliphatic carbocycles. The Hall–Kier alpha value is -2.31. The van der Waals surface area contributed by atoms with Gasteiger partial charge >= 0.3 is 0 Å². The summed E-state index contributed by atoms with van der Waals surface area (Å²) in [6.07, 6.45) is 1.63. The van der Waals surface area contributed by atoms with E-state index in [0.717, 1.165) is 28.8 Å². The van der Waals surface area contributed by atoms with Gasteiger partial charge in [0.2, 0.25) is 0 Å². The van der Waals surface area contributed by atoms with Gasteiger partial charge < -0.3 is 14.4 Å². The molecule has 1 aliphatic heterocycles. The Morgan fingerprint density at radius 3 is 2.78 bits per heavy atom. The predicted octanol–water partition coefficient (Wildman–Crippen LogP) is 4.64. The van der Waals surface area contributed by atoms with E-state index in [1.807, 2.05) is 23.1 Å². The van der Waals surface area contributed by atoms with Crippen LogP contribution in [0, 0.1) is 0 Å². The van der Waals surface area contributed by atoms with Gasteiger partial charge in [-0.1, -0.05) is 29.0 Å². The molecule has 27 heavy (non-hydrogen) atoms. The minimum atomic E-state index is 0.0167. The third-order valence-corrected chi connectivity index (χ3v) is 5.81. The Morgan fingerprint density at radius 2 is 2.04 bits per heavy atom. The minimum absolute atomic E-state index is 0.0167. The second kappa shape index (κ2) is 7.74. The number of carbonyl (C=O) groups is 1. The summed E-state index contributed by atoms with van der Waals surface area (Å²) >= 11 is 7.52. The Balaban J connectivity index is 1.37. The van der Waals surface area contributed by atoms with Crippen LogP contribution in [0.5, 0.6) is 10.9 Å². The zero-order valence-corrected chi connectivity index (χ0v) is 16.4. The summed E-state index contributed by atoms with van der Waals surface area (Å²) < 4.78 is 12.4. The summed E-state index contributed by atoms with van der Waals surface area (Å²) in [4.78, 5) is 19.0. The van der Waals surface area contributed by atoms with Gasteiger partial charge in [-0.2, -0.15) is 0 Å². The molecule has 4 rings (SSSR count). The molecule has 3 aromatic rings. The Kier molecular flexibility index (Phi) is 5.18. The van der Waals surface area contributed by atoms with Crippen LogP contribution in [-0.2, 0) is 0 Å². The molecule has 1 fully saturated rings. The first-order valence-corrected chi connectivity index (χ1v) is 9.98. The standard InChI is InChI=1S/C20H19ClN2O3S/c1-25-16-5-6-18-17(12-16)22-20(27-18)26-15-7-9-23(10-8-15)19(24)13-3-2-4-14(21)11-13/h2-6,11-12,15H,7-10H2,1H3. The summed E-state index contributed by atoms with van der Waals surface area (Å²) in [6.45, 7) is 1.32. The molecule has 7 heteroatoms. The number of carbonyl (C=O) groups excluding carboxylic acids is 1. The first-order valence-electron chi connectivity index (χ1n) is 8.78. The van der Waals surface area contributed by atoms with Crippen molar-refractivity contribution in [3.05, 3.63) is 53.1 Å². The molecule has 1 aliphatic rings. The van der Waals surface area contributed by atoms with Gasteiger partial charge in [0.25, 0.3) is 11.1 Å². The van der Waals surface area contributed by atoms with E-state index < -0.39 is 0 Å². The van der Waals surface area contributed by atoms with Crippen LogP contribution in [0.1, 0.15) is 23.2 Å². The van der Waals surface area contributed by atoms with Gasteiger partial charge in [-0.25, -0.2) is 4.98 Å². The molecule has 0 unspecified atom stereocenters. The fourth-order valence-electron chi connectivity index (χ4n) is 3.19. The van der Waals surface area contributed by atoms with Crippen LogP contribution in [-0.4, -0.2) is 42.1 Å². The second-order valence-corrected chi connectivity index (χ2v) is 7.86. The van der Waals surface area contributed by atoms with Gasteiger partial charge in [0, 0.05) is 42.6 Å². The largest absolute Gasteiger partial charge is 0.497 e. The average Bonchev–Trinajstić information content (AvgIpc) is 3.09. The molecular formula is C20H19ClN2O3S. The highest BCUT2D eigenvalue weighted by Gasteiger charge is 2.25. The molecule has 1 aromatic heterocycles. The molecule has 0 atom stereocenters. The molecule has 2 heterocycles. The fourth-order valence-corrected chi connectivity index (χ4v) is 4.24. The second-order valence-electron chi connectivity index (χ2n) is 6.43. The molecule has 0 spiro atoms. The quantitative estimate of drug-likeness (QED) is 0.637. The fraction of sp³-hybridized carbons (Fsp3) is 0.300. The highest BCUT2D eigenvalue weighted by Crippen LogP contribution is 2.32. The number of benzene rings is 2. The van der Waals surface area contributed by atoms with E-state index in [2.05, 4.69) is 4.98 Å². The van der Waals surface area contributed by atoms with E-state index in [1.165, 1.54) is 11.3 Å². The van der Waals surface area contributed by atoms with E-state index in [9.17, 15) is 4.79 Å². The van der Waals surface area contributed by atoms with E-state index in [0.29, 0.717) is 28.9 Å².